The van der Waals surface area contributed by atoms with E-state index in [9.17, 15) is 8.42 Å². The molecule has 10 heteroatoms. The summed E-state index contributed by atoms with van der Waals surface area (Å²) in [5.74, 6) is 0.349. The Bertz CT molecular complexity index is 1420. The number of anilines is 1. The predicted octanol–water partition coefficient (Wildman–Crippen LogP) is 4.44. The van der Waals surface area contributed by atoms with E-state index in [1.165, 1.54) is 5.56 Å². The zero-order valence-corrected chi connectivity index (χ0v) is 23.7. The van der Waals surface area contributed by atoms with Gasteiger partial charge < -0.3 is 24.6 Å². The molecular formula is C30H33ClN4O4S. The Kier molecular flexibility index (Phi) is 7.72. The van der Waals surface area contributed by atoms with Gasteiger partial charge in [0, 0.05) is 43.5 Å². The van der Waals surface area contributed by atoms with Crippen LogP contribution >= 0.6 is 11.6 Å². The highest BCUT2D eigenvalue weighted by atomic mass is 35.5. The maximum Gasteiger partial charge on any atom is 0.192 e. The van der Waals surface area contributed by atoms with Crippen LogP contribution in [0.3, 0.4) is 0 Å². The molecule has 3 aromatic rings. The Hall–Kier alpha value is -3.11. The second-order valence-corrected chi connectivity index (χ2v) is 13.1. The van der Waals surface area contributed by atoms with Gasteiger partial charge in [-0.25, -0.2) is 8.42 Å². The first-order chi connectivity index (χ1) is 19.5. The standard InChI is InChI=1S/C30H33ClN4O4S/c31-21-40(36,37)26-11-9-25(10-12-26)34-16-13-24(14-17-34)29-33-28(27-8-4-5-15-32-27)19-35(29)30(20-38-22-39-30)18-23-6-2-1-3-7-23/h1-12,15,19,24,29,33H,13-14,16-18,20-22H2. The predicted molar refractivity (Wildman–Crippen MR) is 155 cm³/mol. The Morgan fingerprint density at radius 2 is 1.75 bits per heavy atom. The number of halogens is 1. The Morgan fingerprint density at radius 3 is 2.40 bits per heavy atom. The summed E-state index contributed by atoms with van der Waals surface area (Å²) in [6, 6.07) is 23.4. The van der Waals surface area contributed by atoms with Crippen LogP contribution in [0.15, 0.2) is 90.1 Å². The second-order valence-electron chi connectivity index (χ2n) is 10.5. The van der Waals surface area contributed by atoms with E-state index in [0.717, 1.165) is 43.0 Å². The molecule has 2 aromatic carbocycles. The Morgan fingerprint density at radius 1 is 1.00 bits per heavy atom. The van der Waals surface area contributed by atoms with Gasteiger partial charge in [0.15, 0.2) is 15.6 Å². The molecule has 40 heavy (non-hydrogen) atoms. The lowest BCUT2D eigenvalue weighted by atomic mass is 9.91. The number of sulfone groups is 1. The van der Waals surface area contributed by atoms with Crippen LogP contribution in [0, 0.1) is 5.92 Å². The summed E-state index contributed by atoms with van der Waals surface area (Å²) in [5, 5.41) is 3.37. The summed E-state index contributed by atoms with van der Waals surface area (Å²) < 4.78 is 36.5. The highest BCUT2D eigenvalue weighted by Crippen LogP contribution is 2.39. The van der Waals surface area contributed by atoms with Crippen molar-refractivity contribution in [2.24, 2.45) is 5.92 Å². The minimum atomic E-state index is -3.44. The molecule has 1 aromatic heterocycles. The van der Waals surface area contributed by atoms with Gasteiger partial charge in [-0.2, -0.15) is 0 Å². The average Bonchev–Trinajstić information content (AvgIpc) is 3.67. The summed E-state index contributed by atoms with van der Waals surface area (Å²) in [4.78, 5) is 9.50. The van der Waals surface area contributed by atoms with Gasteiger partial charge in [-0.1, -0.05) is 36.4 Å². The number of pyridine rings is 1. The molecule has 3 aliphatic heterocycles. The molecule has 0 radical (unpaired) electrons. The maximum atomic E-state index is 12.1. The van der Waals surface area contributed by atoms with Crippen molar-refractivity contribution in [3.8, 4) is 0 Å². The van der Waals surface area contributed by atoms with Crippen LogP contribution in [0.4, 0.5) is 5.69 Å². The number of hydrogen-bond acceptors (Lipinski definition) is 8. The molecule has 4 heterocycles. The summed E-state index contributed by atoms with van der Waals surface area (Å²) in [6.07, 6.45) is 6.61. The molecule has 2 atom stereocenters. The van der Waals surface area contributed by atoms with Gasteiger partial charge in [0.05, 0.1) is 22.9 Å². The van der Waals surface area contributed by atoms with E-state index in [-0.39, 0.29) is 17.9 Å². The second kappa shape index (κ2) is 11.4. The monoisotopic (exact) mass is 580 g/mol. The summed E-state index contributed by atoms with van der Waals surface area (Å²) in [6.45, 7) is 2.46. The van der Waals surface area contributed by atoms with Crippen LogP contribution in [0.2, 0.25) is 0 Å². The minimum Gasteiger partial charge on any atom is -0.372 e. The first-order valence-electron chi connectivity index (χ1n) is 13.5. The number of rotatable bonds is 8. The number of aromatic nitrogens is 1. The van der Waals surface area contributed by atoms with Crippen molar-refractivity contribution in [1.82, 2.24) is 15.2 Å². The normalized spacial score (nSPS) is 23.7. The topological polar surface area (TPSA) is 84.0 Å². The van der Waals surface area contributed by atoms with Crippen LogP contribution in [0.5, 0.6) is 0 Å². The van der Waals surface area contributed by atoms with Crippen molar-refractivity contribution in [2.75, 3.05) is 36.6 Å². The molecule has 2 unspecified atom stereocenters. The van der Waals surface area contributed by atoms with Crippen molar-refractivity contribution in [3.63, 3.8) is 0 Å². The summed E-state index contributed by atoms with van der Waals surface area (Å²) in [7, 11) is -3.44. The number of benzene rings is 2. The molecule has 210 valence electrons. The Balaban J connectivity index is 1.23. The SMILES string of the molecule is O=S(=O)(CCl)c1ccc(N2CCC(C3NC(c4ccccn4)=CN3C3(Cc4ccccc4)COCO3)CC2)cc1. The van der Waals surface area contributed by atoms with Gasteiger partial charge in [0.25, 0.3) is 0 Å². The first-order valence-corrected chi connectivity index (χ1v) is 15.7. The summed E-state index contributed by atoms with van der Waals surface area (Å²) in [5.41, 5.74) is 3.46. The van der Waals surface area contributed by atoms with Gasteiger partial charge in [-0.3, -0.25) is 4.98 Å². The van der Waals surface area contributed by atoms with E-state index in [0.29, 0.717) is 18.9 Å². The zero-order chi connectivity index (χ0) is 27.6. The molecule has 0 bridgehead atoms. The zero-order valence-electron chi connectivity index (χ0n) is 22.2. The van der Waals surface area contributed by atoms with Crippen LogP contribution in [-0.4, -0.2) is 61.9 Å². The lowest BCUT2D eigenvalue weighted by Gasteiger charge is -2.45. The molecule has 8 nitrogen and oxygen atoms in total. The van der Waals surface area contributed by atoms with E-state index in [2.05, 4.69) is 50.6 Å². The molecule has 0 spiro atoms. The third-order valence-electron chi connectivity index (χ3n) is 8.04. The van der Waals surface area contributed by atoms with Crippen molar-refractivity contribution < 1.29 is 17.9 Å². The molecular weight excluding hydrogens is 548 g/mol. The highest BCUT2D eigenvalue weighted by Gasteiger charge is 2.49. The number of ether oxygens (including phenoxy) is 2. The first kappa shape index (κ1) is 27.1. The molecule has 3 aliphatic rings. The van der Waals surface area contributed by atoms with Crippen LogP contribution in [0.1, 0.15) is 24.1 Å². The molecule has 0 aliphatic carbocycles. The average molecular weight is 581 g/mol. The number of nitrogens with zero attached hydrogens (tertiary/aromatic N) is 3. The quantitative estimate of drug-likeness (QED) is 0.392. The van der Waals surface area contributed by atoms with E-state index in [1.54, 1.807) is 12.1 Å². The van der Waals surface area contributed by atoms with E-state index < -0.39 is 20.8 Å². The number of piperidine rings is 1. The van der Waals surface area contributed by atoms with Gasteiger partial charge in [-0.15, -0.1) is 11.6 Å². The largest absolute Gasteiger partial charge is 0.372 e. The molecule has 1 N–H and O–H groups in total. The lowest BCUT2D eigenvalue weighted by Crippen LogP contribution is -2.58. The van der Waals surface area contributed by atoms with Gasteiger partial charge >= 0.3 is 0 Å². The highest BCUT2D eigenvalue weighted by molar-refractivity contribution is 7.92. The molecule has 0 saturated carbocycles. The van der Waals surface area contributed by atoms with Gasteiger partial charge in [0.2, 0.25) is 0 Å². The third-order valence-corrected chi connectivity index (χ3v) is 10.2. The van der Waals surface area contributed by atoms with E-state index in [4.69, 9.17) is 21.1 Å². The van der Waals surface area contributed by atoms with Crippen LogP contribution < -0.4 is 10.2 Å². The van der Waals surface area contributed by atoms with Crippen molar-refractivity contribution in [2.45, 2.75) is 36.0 Å². The Labute approximate surface area is 240 Å². The fraction of sp³-hybridized carbons (Fsp3) is 0.367. The fourth-order valence-corrected chi connectivity index (χ4v) is 6.97. The van der Waals surface area contributed by atoms with Crippen molar-refractivity contribution >= 4 is 32.8 Å². The molecule has 2 fully saturated rings. The fourth-order valence-electron chi connectivity index (χ4n) is 5.92. The number of alkyl halides is 1. The van der Waals surface area contributed by atoms with Crippen LogP contribution in [0.25, 0.3) is 5.70 Å². The van der Waals surface area contributed by atoms with Crippen LogP contribution in [-0.2, 0) is 25.7 Å². The van der Waals surface area contributed by atoms with E-state index in [1.807, 2.05) is 42.6 Å². The third kappa shape index (κ3) is 5.43. The van der Waals surface area contributed by atoms with E-state index >= 15 is 0 Å². The lowest BCUT2D eigenvalue weighted by molar-refractivity contribution is -0.118. The van der Waals surface area contributed by atoms with Gasteiger partial charge in [-0.05, 0) is 54.8 Å². The molecule has 2 saturated heterocycles. The van der Waals surface area contributed by atoms with Gasteiger partial charge in [0.1, 0.15) is 18.2 Å². The maximum absolute atomic E-state index is 12.1. The minimum absolute atomic E-state index is 0.0146. The smallest absolute Gasteiger partial charge is 0.192 e. The number of hydrogen-bond donors (Lipinski definition) is 1. The summed E-state index contributed by atoms with van der Waals surface area (Å²) >= 11 is 5.62. The van der Waals surface area contributed by atoms with Crippen molar-refractivity contribution in [1.29, 1.82) is 0 Å². The number of nitrogens with one attached hydrogen (secondary N) is 1. The molecule has 0 amide bonds. The molecule has 6 rings (SSSR count). The van der Waals surface area contributed by atoms with Crippen molar-refractivity contribution in [3.05, 3.63) is 96.5 Å².